The highest BCUT2D eigenvalue weighted by Gasteiger charge is 2.35. The minimum atomic E-state index is -0.492. The summed E-state index contributed by atoms with van der Waals surface area (Å²) in [4.78, 5) is 36.3. The zero-order valence-electron chi connectivity index (χ0n) is 12.7. The van der Waals surface area contributed by atoms with Gasteiger partial charge in [-0.15, -0.1) is 0 Å². The number of benzene rings is 2. The van der Waals surface area contributed by atoms with Gasteiger partial charge in [-0.25, -0.2) is 0 Å². The molecular weight excluding hydrogens is 455 g/mol. The van der Waals surface area contributed by atoms with E-state index >= 15 is 0 Å². The Labute approximate surface area is 161 Å². The molecule has 0 spiro atoms. The maximum Gasteiger partial charge on any atom is 0.293 e. The van der Waals surface area contributed by atoms with Crippen molar-refractivity contribution in [1.82, 2.24) is 4.90 Å². The first-order valence-corrected chi connectivity index (χ1v) is 9.08. The molecule has 0 atom stereocenters. The number of thioether (sulfide) groups is 1. The third-order valence-corrected chi connectivity index (χ3v) is 5.16. The summed E-state index contributed by atoms with van der Waals surface area (Å²) in [5.41, 5.74) is 1.47. The molecule has 0 unspecified atom stereocenters. The first kappa shape index (κ1) is 17.6. The van der Waals surface area contributed by atoms with E-state index in [2.05, 4.69) is 22.6 Å². The fourth-order valence-corrected chi connectivity index (χ4v) is 3.45. The lowest BCUT2D eigenvalue weighted by Crippen LogP contribution is -2.27. The summed E-state index contributed by atoms with van der Waals surface area (Å²) < 4.78 is 1.08. The Morgan fingerprint density at radius 1 is 1.08 bits per heavy atom. The Morgan fingerprint density at radius 2 is 1.72 bits per heavy atom. The number of nitro benzene ring substituents is 1. The molecule has 0 aromatic heterocycles. The van der Waals surface area contributed by atoms with Gasteiger partial charge in [0.1, 0.15) is 0 Å². The summed E-state index contributed by atoms with van der Waals surface area (Å²) in [6.07, 6.45) is 1.69. The minimum absolute atomic E-state index is 0.0310. The lowest BCUT2D eigenvalue weighted by molar-refractivity contribution is -0.384. The summed E-state index contributed by atoms with van der Waals surface area (Å²) in [6, 6.07) is 13.4. The maximum atomic E-state index is 12.5. The number of halogens is 1. The number of non-ortho nitro benzene ring substituents is 1. The van der Waals surface area contributed by atoms with Crippen molar-refractivity contribution in [2.24, 2.45) is 0 Å². The molecule has 0 N–H and O–H groups in total. The van der Waals surface area contributed by atoms with Gasteiger partial charge < -0.3 is 0 Å². The molecule has 1 fully saturated rings. The normalized spacial score (nSPS) is 15.9. The Morgan fingerprint density at radius 3 is 2.32 bits per heavy atom. The average Bonchev–Trinajstić information content (AvgIpc) is 2.85. The van der Waals surface area contributed by atoms with Crippen LogP contribution in [0.2, 0.25) is 0 Å². The first-order chi connectivity index (χ1) is 11.9. The summed E-state index contributed by atoms with van der Waals surface area (Å²) in [6.45, 7) is 0.0900. The van der Waals surface area contributed by atoms with Crippen LogP contribution in [0.15, 0.2) is 53.4 Å². The van der Waals surface area contributed by atoms with Crippen molar-refractivity contribution in [2.75, 3.05) is 0 Å². The molecule has 1 aliphatic heterocycles. The van der Waals surface area contributed by atoms with Gasteiger partial charge in [0.2, 0.25) is 0 Å². The number of hydrogen-bond donors (Lipinski definition) is 0. The largest absolute Gasteiger partial charge is 0.293 e. The molecule has 2 aromatic rings. The van der Waals surface area contributed by atoms with Crippen LogP contribution in [-0.4, -0.2) is 21.0 Å². The zero-order valence-corrected chi connectivity index (χ0v) is 15.7. The Balaban J connectivity index is 1.77. The Bertz CT molecular complexity index is 879. The SMILES string of the molecule is O=C1S/C(=C\c2ccc(I)cc2)C(=O)N1Cc1ccc([N+](=O)[O-])cc1. The zero-order chi connectivity index (χ0) is 18.0. The van der Waals surface area contributed by atoms with E-state index in [0.717, 1.165) is 25.8 Å². The van der Waals surface area contributed by atoms with Crippen molar-refractivity contribution in [2.45, 2.75) is 6.54 Å². The van der Waals surface area contributed by atoms with Gasteiger partial charge in [-0.1, -0.05) is 24.3 Å². The quantitative estimate of drug-likeness (QED) is 0.288. The van der Waals surface area contributed by atoms with Crippen LogP contribution in [0.5, 0.6) is 0 Å². The molecule has 25 heavy (non-hydrogen) atoms. The number of hydrogen-bond acceptors (Lipinski definition) is 5. The van der Waals surface area contributed by atoms with Crippen molar-refractivity contribution >= 4 is 57.3 Å². The number of nitro groups is 1. The number of carbonyl (C=O) groups is 2. The molecular formula is C17H11IN2O4S. The Hall–Kier alpha value is -2.20. The van der Waals surface area contributed by atoms with E-state index < -0.39 is 4.92 Å². The lowest BCUT2D eigenvalue weighted by atomic mass is 10.2. The maximum absolute atomic E-state index is 12.5. The average molecular weight is 466 g/mol. The van der Waals surface area contributed by atoms with E-state index in [4.69, 9.17) is 0 Å². The Kier molecular flexibility index (Phi) is 5.19. The van der Waals surface area contributed by atoms with Crippen LogP contribution in [0, 0.1) is 13.7 Å². The number of nitrogens with zero attached hydrogens (tertiary/aromatic N) is 2. The van der Waals surface area contributed by atoms with Crippen LogP contribution in [0.4, 0.5) is 10.5 Å². The highest BCUT2D eigenvalue weighted by molar-refractivity contribution is 14.1. The van der Waals surface area contributed by atoms with E-state index in [1.165, 1.54) is 12.1 Å². The van der Waals surface area contributed by atoms with Crippen LogP contribution in [0.1, 0.15) is 11.1 Å². The topological polar surface area (TPSA) is 80.5 Å². The first-order valence-electron chi connectivity index (χ1n) is 7.18. The van der Waals surface area contributed by atoms with Gasteiger partial charge in [-0.3, -0.25) is 24.6 Å². The van der Waals surface area contributed by atoms with E-state index in [1.54, 1.807) is 18.2 Å². The highest BCUT2D eigenvalue weighted by Crippen LogP contribution is 2.33. The van der Waals surface area contributed by atoms with Gasteiger partial charge >= 0.3 is 0 Å². The molecule has 0 bridgehead atoms. The van der Waals surface area contributed by atoms with Gasteiger partial charge in [-0.2, -0.15) is 0 Å². The van der Waals surface area contributed by atoms with Gasteiger partial charge in [0, 0.05) is 15.7 Å². The van der Waals surface area contributed by atoms with E-state index in [0.29, 0.717) is 10.5 Å². The number of imide groups is 1. The summed E-state index contributed by atoms with van der Waals surface area (Å²) in [5, 5.41) is 10.3. The molecule has 0 aliphatic carbocycles. The van der Waals surface area contributed by atoms with Crippen LogP contribution < -0.4 is 0 Å². The van der Waals surface area contributed by atoms with Crippen LogP contribution in [-0.2, 0) is 11.3 Å². The summed E-state index contributed by atoms with van der Waals surface area (Å²) in [7, 11) is 0. The molecule has 1 aliphatic rings. The highest BCUT2D eigenvalue weighted by atomic mass is 127. The van der Waals surface area contributed by atoms with E-state index in [9.17, 15) is 19.7 Å². The number of amides is 2. The van der Waals surface area contributed by atoms with Crippen LogP contribution >= 0.6 is 34.4 Å². The molecule has 3 rings (SSSR count). The van der Waals surface area contributed by atoms with Crippen LogP contribution in [0.3, 0.4) is 0 Å². The van der Waals surface area contributed by atoms with Crippen molar-refractivity contribution in [3.63, 3.8) is 0 Å². The van der Waals surface area contributed by atoms with Crippen molar-refractivity contribution < 1.29 is 14.5 Å². The van der Waals surface area contributed by atoms with E-state index in [1.807, 2.05) is 24.3 Å². The second kappa shape index (κ2) is 7.36. The van der Waals surface area contributed by atoms with E-state index in [-0.39, 0.29) is 23.4 Å². The molecule has 6 nitrogen and oxygen atoms in total. The predicted octanol–water partition coefficient (Wildman–Crippen LogP) is 4.44. The van der Waals surface area contributed by atoms with Gasteiger partial charge in [0.25, 0.3) is 16.8 Å². The summed E-state index contributed by atoms with van der Waals surface area (Å²) >= 11 is 3.09. The molecule has 0 saturated carbocycles. The summed E-state index contributed by atoms with van der Waals surface area (Å²) in [5.74, 6) is -0.355. The number of rotatable bonds is 4. The second-order valence-electron chi connectivity index (χ2n) is 5.24. The minimum Gasteiger partial charge on any atom is -0.268 e. The standard InChI is InChI=1S/C17H11IN2O4S/c18-13-5-1-11(2-6-13)9-15-16(21)19(17(22)25-15)10-12-3-7-14(8-4-12)20(23)24/h1-9H,10H2/b15-9-. The molecule has 1 saturated heterocycles. The molecule has 2 amide bonds. The molecule has 8 heteroatoms. The van der Waals surface area contributed by atoms with Crippen LogP contribution in [0.25, 0.3) is 6.08 Å². The van der Waals surface area contributed by atoms with Crippen molar-refractivity contribution in [1.29, 1.82) is 0 Å². The fourth-order valence-electron chi connectivity index (χ4n) is 2.25. The molecule has 1 heterocycles. The smallest absolute Gasteiger partial charge is 0.268 e. The lowest BCUT2D eigenvalue weighted by Gasteiger charge is -2.12. The van der Waals surface area contributed by atoms with Crippen molar-refractivity contribution in [3.05, 3.63) is 78.2 Å². The molecule has 126 valence electrons. The third kappa shape index (κ3) is 4.07. The predicted molar refractivity (Wildman–Crippen MR) is 104 cm³/mol. The second-order valence-corrected chi connectivity index (χ2v) is 7.48. The number of carbonyl (C=O) groups excluding carboxylic acids is 2. The molecule has 2 aromatic carbocycles. The fraction of sp³-hybridized carbons (Fsp3) is 0.0588. The molecule has 0 radical (unpaired) electrons. The third-order valence-electron chi connectivity index (χ3n) is 3.53. The van der Waals surface area contributed by atoms with Gasteiger partial charge in [0.05, 0.1) is 16.4 Å². The van der Waals surface area contributed by atoms with Gasteiger partial charge in [-0.05, 0) is 63.7 Å². The van der Waals surface area contributed by atoms with Gasteiger partial charge in [0.15, 0.2) is 0 Å². The monoisotopic (exact) mass is 466 g/mol. The van der Waals surface area contributed by atoms with Crippen molar-refractivity contribution in [3.8, 4) is 0 Å².